The number of pyridine rings is 1. The van der Waals surface area contributed by atoms with Crippen LogP contribution in [0.3, 0.4) is 0 Å². The van der Waals surface area contributed by atoms with Crippen molar-refractivity contribution in [2.75, 3.05) is 11.9 Å². The van der Waals surface area contributed by atoms with Crippen LogP contribution in [0.15, 0.2) is 58.1 Å². The van der Waals surface area contributed by atoms with Crippen LogP contribution >= 0.6 is 15.9 Å². The Hall–Kier alpha value is -2.67. The SMILES string of the molecule is Cc1ccc(CCCOc2n[nH]c(=O)c(Br)c2NCc2cccnc2)cc1. The van der Waals surface area contributed by atoms with Crippen LogP contribution in [-0.4, -0.2) is 21.8 Å². The number of halogens is 1. The van der Waals surface area contributed by atoms with Crippen molar-refractivity contribution in [3.05, 3.63) is 80.3 Å². The number of ether oxygens (including phenoxy) is 1. The van der Waals surface area contributed by atoms with Crippen molar-refractivity contribution in [1.29, 1.82) is 0 Å². The molecule has 1 aromatic carbocycles. The average Bonchev–Trinajstić information content (AvgIpc) is 2.69. The molecule has 0 amide bonds. The minimum Gasteiger partial charge on any atom is -0.475 e. The molecule has 6 nitrogen and oxygen atoms in total. The van der Waals surface area contributed by atoms with Gasteiger partial charge in [0.2, 0.25) is 0 Å². The molecule has 0 aliphatic rings. The van der Waals surface area contributed by atoms with Crippen molar-refractivity contribution in [1.82, 2.24) is 15.2 Å². The fraction of sp³-hybridized carbons (Fsp3) is 0.250. The molecule has 0 aliphatic carbocycles. The smallest absolute Gasteiger partial charge is 0.280 e. The number of H-pyrrole nitrogens is 1. The zero-order chi connectivity index (χ0) is 19.1. The highest BCUT2D eigenvalue weighted by Gasteiger charge is 2.13. The first kappa shape index (κ1) is 19.1. The molecule has 2 N–H and O–H groups in total. The molecule has 0 spiro atoms. The third kappa shape index (κ3) is 5.40. The molecule has 0 fully saturated rings. The van der Waals surface area contributed by atoms with Gasteiger partial charge in [0.05, 0.1) is 6.61 Å². The Labute approximate surface area is 166 Å². The van der Waals surface area contributed by atoms with E-state index in [1.807, 2.05) is 12.1 Å². The summed E-state index contributed by atoms with van der Waals surface area (Å²) in [6.45, 7) is 3.09. The number of anilines is 1. The van der Waals surface area contributed by atoms with E-state index < -0.39 is 0 Å². The van der Waals surface area contributed by atoms with Crippen molar-refractivity contribution < 1.29 is 4.74 Å². The second-order valence-corrected chi connectivity index (χ2v) is 6.99. The van der Waals surface area contributed by atoms with Crippen molar-refractivity contribution in [2.45, 2.75) is 26.3 Å². The Bertz CT molecular complexity index is 927. The van der Waals surface area contributed by atoms with Gasteiger partial charge in [-0.3, -0.25) is 9.78 Å². The Kier molecular flexibility index (Phi) is 6.59. The van der Waals surface area contributed by atoms with E-state index in [1.165, 1.54) is 11.1 Å². The molecule has 0 radical (unpaired) electrons. The van der Waals surface area contributed by atoms with Crippen molar-refractivity contribution in [3.8, 4) is 5.88 Å². The summed E-state index contributed by atoms with van der Waals surface area (Å²) < 4.78 is 6.19. The Balaban J connectivity index is 1.61. The van der Waals surface area contributed by atoms with Crippen LogP contribution in [0.4, 0.5) is 5.69 Å². The fourth-order valence-corrected chi connectivity index (χ4v) is 2.96. The normalized spacial score (nSPS) is 10.6. The standard InChI is InChI=1S/C20H21BrN4O2/c1-14-6-8-15(9-7-14)5-3-11-27-20-18(17(21)19(26)24-25-20)23-13-16-4-2-10-22-12-16/h2,4,6-10,12H,3,5,11,13H2,1H3,(H2,23,24,26). The Morgan fingerprint density at radius 3 is 2.74 bits per heavy atom. The molecule has 27 heavy (non-hydrogen) atoms. The summed E-state index contributed by atoms with van der Waals surface area (Å²) in [6, 6.07) is 12.3. The molecular weight excluding hydrogens is 408 g/mol. The van der Waals surface area contributed by atoms with Crippen LogP contribution in [-0.2, 0) is 13.0 Å². The number of nitrogens with zero attached hydrogens (tertiary/aromatic N) is 2. The van der Waals surface area contributed by atoms with Gasteiger partial charge in [0.15, 0.2) is 0 Å². The number of aryl methyl sites for hydroxylation is 2. The van der Waals surface area contributed by atoms with E-state index in [0.29, 0.717) is 29.2 Å². The molecule has 0 aliphatic heterocycles. The molecule has 0 unspecified atom stereocenters. The van der Waals surface area contributed by atoms with Gasteiger partial charge in [0.1, 0.15) is 10.2 Å². The summed E-state index contributed by atoms with van der Waals surface area (Å²) in [5, 5.41) is 9.69. The topological polar surface area (TPSA) is 79.9 Å². The van der Waals surface area contributed by atoms with E-state index in [-0.39, 0.29) is 5.56 Å². The van der Waals surface area contributed by atoms with Gasteiger partial charge in [-0.05, 0) is 52.9 Å². The van der Waals surface area contributed by atoms with Gasteiger partial charge in [-0.1, -0.05) is 35.9 Å². The number of hydrogen-bond donors (Lipinski definition) is 2. The minimum absolute atomic E-state index is 0.310. The number of aromatic amines is 1. The molecular formula is C20H21BrN4O2. The lowest BCUT2D eigenvalue weighted by Crippen LogP contribution is -2.15. The highest BCUT2D eigenvalue weighted by atomic mass is 79.9. The monoisotopic (exact) mass is 428 g/mol. The van der Waals surface area contributed by atoms with Crippen molar-refractivity contribution >= 4 is 21.6 Å². The van der Waals surface area contributed by atoms with Gasteiger partial charge >= 0.3 is 0 Å². The van der Waals surface area contributed by atoms with E-state index >= 15 is 0 Å². The molecule has 7 heteroatoms. The molecule has 3 aromatic rings. The predicted octanol–water partition coefficient (Wildman–Crippen LogP) is 3.86. The molecule has 0 bridgehead atoms. The second-order valence-electron chi connectivity index (χ2n) is 6.20. The van der Waals surface area contributed by atoms with Gasteiger partial charge in [0.25, 0.3) is 11.4 Å². The molecule has 0 saturated heterocycles. The minimum atomic E-state index is -0.310. The van der Waals surface area contributed by atoms with E-state index in [9.17, 15) is 4.79 Å². The summed E-state index contributed by atoms with van der Waals surface area (Å²) in [5.41, 5.74) is 3.75. The molecule has 140 valence electrons. The van der Waals surface area contributed by atoms with Gasteiger partial charge in [-0.25, -0.2) is 5.10 Å². The summed E-state index contributed by atoms with van der Waals surface area (Å²) in [5.74, 6) is 0.370. The Morgan fingerprint density at radius 2 is 2.00 bits per heavy atom. The van der Waals surface area contributed by atoms with Gasteiger partial charge < -0.3 is 10.1 Å². The van der Waals surface area contributed by atoms with Crippen molar-refractivity contribution in [3.63, 3.8) is 0 Å². The fourth-order valence-electron chi connectivity index (χ4n) is 2.56. The maximum Gasteiger partial charge on any atom is 0.280 e. The van der Waals surface area contributed by atoms with Gasteiger partial charge in [-0.15, -0.1) is 5.10 Å². The highest BCUT2D eigenvalue weighted by molar-refractivity contribution is 9.10. The van der Waals surface area contributed by atoms with Crippen LogP contribution in [0.1, 0.15) is 23.1 Å². The first-order valence-electron chi connectivity index (χ1n) is 8.73. The first-order chi connectivity index (χ1) is 13.1. The van der Waals surface area contributed by atoms with Crippen molar-refractivity contribution in [2.24, 2.45) is 0 Å². The highest BCUT2D eigenvalue weighted by Crippen LogP contribution is 2.27. The van der Waals surface area contributed by atoms with Crippen LogP contribution < -0.4 is 15.6 Å². The number of nitrogens with one attached hydrogen (secondary N) is 2. The predicted molar refractivity (Wildman–Crippen MR) is 109 cm³/mol. The summed E-state index contributed by atoms with van der Waals surface area (Å²) in [4.78, 5) is 16.0. The van der Waals surface area contributed by atoms with Crippen LogP contribution in [0.25, 0.3) is 0 Å². The lowest BCUT2D eigenvalue weighted by atomic mass is 10.1. The molecule has 3 rings (SSSR count). The van der Waals surface area contributed by atoms with E-state index in [1.54, 1.807) is 12.4 Å². The quantitative estimate of drug-likeness (QED) is 0.532. The lowest BCUT2D eigenvalue weighted by Gasteiger charge is -2.13. The van der Waals surface area contributed by atoms with Crippen LogP contribution in [0.2, 0.25) is 0 Å². The van der Waals surface area contributed by atoms with E-state index in [0.717, 1.165) is 18.4 Å². The van der Waals surface area contributed by atoms with Gasteiger partial charge in [0, 0.05) is 18.9 Å². The molecule has 0 atom stereocenters. The second kappa shape index (κ2) is 9.32. The zero-order valence-electron chi connectivity index (χ0n) is 15.0. The molecule has 2 heterocycles. The third-order valence-electron chi connectivity index (χ3n) is 4.05. The van der Waals surface area contributed by atoms with Crippen LogP contribution in [0.5, 0.6) is 5.88 Å². The maximum absolute atomic E-state index is 11.9. The van der Waals surface area contributed by atoms with E-state index in [2.05, 4.69) is 67.6 Å². The van der Waals surface area contributed by atoms with E-state index in [4.69, 9.17) is 4.74 Å². The largest absolute Gasteiger partial charge is 0.475 e. The van der Waals surface area contributed by atoms with Gasteiger partial charge in [-0.2, -0.15) is 0 Å². The van der Waals surface area contributed by atoms with Crippen LogP contribution in [0, 0.1) is 6.92 Å². The maximum atomic E-state index is 11.9. The number of hydrogen-bond acceptors (Lipinski definition) is 5. The zero-order valence-corrected chi connectivity index (χ0v) is 16.6. The summed E-state index contributed by atoms with van der Waals surface area (Å²) in [6.07, 6.45) is 5.26. The summed E-state index contributed by atoms with van der Waals surface area (Å²) >= 11 is 3.32. The first-order valence-corrected chi connectivity index (χ1v) is 9.52. The lowest BCUT2D eigenvalue weighted by molar-refractivity contribution is 0.296. The molecule has 0 saturated carbocycles. The number of rotatable bonds is 8. The summed E-state index contributed by atoms with van der Waals surface area (Å²) in [7, 11) is 0. The Morgan fingerprint density at radius 1 is 1.19 bits per heavy atom. The number of benzene rings is 1. The third-order valence-corrected chi connectivity index (χ3v) is 4.81. The average molecular weight is 429 g/mol. The molecule has 2 aromatic heterocycles. The number of aromatic nitrogens is 3.